The third-order valence-electron chi connectivity index (χ3n) is 3.40. The molecule has 0 radical (unpaired) electrons. The minimum atomic E-state index is 0.461. The number of rotatable bonds is 6. The Balaban J connectivity index is 2.39. The van der Waals surface area contributed by atoms with Crippen LogP contribution in [-0.2, 0) is 0 Å². The summed E-state index contributed by atoms with van der Waals surface area (Å²) in [5.41, 5.74) is 8.08. The molecule has 2 N–H and O–H groups in total. The maximum absolute atomic E-state index is 6.08. The maximum atomic E-state index is 6.08. The van der Waals surface area contributed by atoms with Crippen molar-refractivity contribution in [2.45, 2.75) is 52.0 Å². The molecule has 2 aromatic rings. The molecule has 4 heteroatoms. The summed E-state index contributed by atoms with van der Waals surface area (Å²) in [6.07, 6.45) is 9.52. The van der Waals surface area contributed by atoms with Crippen LogP contribution >= 0.6 is 0 Å². The van der Waals surface area contributed by atoms with Crippen molar-refractivity contribution in [1.82, 2.24) is 14.5 Å². The van der Waals surface area contributed by atoms with Crippen molar-refractivity contribution in [3.8, 4) is 0 Å². The highest BCUT2D eigenvalue weighted by Gasteiger charge is 2.16. The first-order valence-corrected chi connectivity index (χ1v) is 6.85. The summed E-state index contributed by atoms with van der Waals surface area (Å²) in [5, 5.41) is 0. The average molecular weight is 246 g/mol. The molecular weight excluding hydrogens is 224 g/mol. The van der Waals surface area contributed by atoms with Crippen LogP contribution in [0.3, 0.4) is 0 Å². The van der Waals surface area contributed by atoms with Crippen LogP contribution in [0.1, 0.15) is 52.0 Å². The summed E-state index contributed by atoms with van der Waals surface area (Å²) in [6, 6.07) is 2.47. The number of pyridine rings is 1. The molecule has 0 saturated carbocycles. The lowest BCUT2D eigenvalue weighted by atomic mass is 10.0. The summed E-state index contributed by atoms with van der Waals surface area (Å²) in [7, 11) is 0. The molecule has 2 heterocycles. The van der Waals surface area contributed by atoms with Crippen molar-refractivity contribution < 1.29 is 0 Å². The number of nitrogen functional groups attached to an aromatic ring is 1. The van der Waals surface area contributed by atoms with E-state index in [2.05, 4.69) is 28.4 Å². The van der Waals surface area contributed by atoms with E-state index in [1.165, 1.54) is 25.7 Å². The predicted octanol–water partition coefficient (Wildman–Crippen LogP) is 3.54. The lowest BCUT2D eigenvalue weighted by molar-refractivity contribution is 0.430. The number of hydrogen-bond acceptors (Lipinski definition) is 3. The predicted molar refractivity (Wildman–Crippen MR) is 75.4 cm³/mol. The van der Waals surface area contributed by atoms with Gasteiger partial charge in [0.15, 0.2) is 0 Å². The first kappa shape index (κ1) is 12.9. The van der Waals surface area contributed by atoms with Gasteiger partial charge in [-0.1, -0.05) is 33.1 Å². The molecule has 0 aliphatic rings. The molecule has 0 fully saturated rings. The van der Waals surface area contributed by atoms with E-state index in [4.69, 9.17) is 5.73 Å². The molecule has 98 valence electrons. The Labute approximate surface area is 108 Å². The number of unbranched alkanes of at least 4 members (excludes halogenated alkanes) is 1. The number of aromatic nitrogens is 3. The van der Waals surface area contributed by atoms with Crippen LogP contribution in [0.5, 0.6) is 0 Å². The fourth-order valence-corrected chi connectivity index (χ4v) is 2.53. The van der Waals surface area contributed by atoms with E-state index < -0.39 is 0 Å². The van der Waals surface area contributed by atoms with Crippen molar-refractivity contribution in [2.24, 2.45) is 0 Å². The Kier molecular flexibility index (Phi) is 4.18. The van der Waals surface area contributed by atoms with Crippen LogP contribution < -0.4 is 5.73 Å². The second-order valence-electron chi connectivity index (χ2n) is 4.79. The molecular formula is C14H22N4. The van der Waals surface area contributed by atoms with Gasteiger partial charge in [-0.25, -0.2) is 4.98 Å². The van der Waals surface area contributed by atoms with E-state index in [1.807, 2.05) is 12.3 Å². The van der Waals surface area contributed by atoms with Crippen LogP contribution in [0.4, 0.5) is 5.95 Å². The SMILES string of the molecule is CCCCC(CCC)n1c(N)nc2cnccc21. The van der Waals surface area contributed by atoms with E-state index in [-0.39, 0.29) is 0 Å². The summed E-state index contributed by atoms with van der Waals surface area (Å²) >= 11 is 0. The number of imidazole rings is 1. The van der Waals surface area contributed by atoms with Gasteiger partial charge in [0, 0.05) is 12.2 Å². The van der Waals surface area contributed by atoms with Crippen LogP contribution in [0.25, 0.3) is 11.0 Å². The molecule has 4 nitrogen and oxygen atoms in total. The van der Waals surface area contributed by atoms with Gasteiger partial charge in [0.25, 0.3) is 0 Å². The molecule has 0 aliphatic carbocycles. The Morgan fingerprint density at radius 1 is 1.28 bits per heavy atom. The van der Waals surface area contributed by atoms with E-state index >= 15 is 0 Å². The van der Waals surface area contributed by atoms with Gasteiger partial charge in [-0.15, -0.1) is 0 Å². The van der Waals surface area contributed by atoms with Crippen molar-refractivity contribution >= 4 is 17.0 Å². The second-order valence-corrected chi connectivity index (χ2v) is 4.79. The quantitative estimate of drug-likeness (QED) is 0.848. The summed E-state index contributed by atoms with van der Waals surface area (Å²) < 4.78 is 2.19. The first-order valence-electron chi connectivity index (χ1n) is 6.85. The smallest absolute Gasteiger partial charge is 0.201 e. The molecule has 1 atom stereocenters. The number of hydrogen-bond donors (Lipinski definition) is 1. The fraction of sp³-hybridized carbons (Fsp3) is 0.571. The molecule has 0 bridgehead atoms. The lowest BCUT2D eigenvalue weighted by Gasteiger charge is -2.19. The van der Waals surface area contributed by atoms with Gasteiger partial charge in [0.2, 0.25) is 5.95 Å². The van der Waals surface area contributed by atoms with E-state index in [9.17, 15) is 0 Å². The van der Waals surface area contributed by atoms with Gasteiger partial charge in [-0.2, -0.15) is 0 Å². The molecule has 0 spiro atoms. The topological polar surface area (TPSA) is 56.7 Å². The zero-order valence-corrected chi connectivity index (χ0v) is 11.3. The third-order valence-corrected chi connectivity index (χ3v) is 3.40. The first-order chi connectivity index (χ1) is 8.77. The standard InChI is InChI=1S/C14H22N4/c1-3-5-7-11(6-4-2)18-13-8-9-16-10-12(13)17-14(18)15/h8-11H,3-7H2,1-2H3,(H2,15,17). The van der Waals surface area contributed by atoms with Crippen molar-refractivity contribution in [1.29, 1.82) is 0 Å². The Hall–Kier alpha value is -1.58. The molecule has 0 aromatic carbocycles. The number of anilines is 1. The fourth-order valence-electron chi connectivity index (χ4n) is 2.53. The second kappa shape index (κ2) is 5.85. The molecule has 0 saturated heterocycles. The summed E-state index contributed by atoms with van der Waals surface area (Å²) in [4.78, 5) is 8.51. The zero-order valence-electron chi connectivity index (χ0n) is 11.3. The highest BCUT2D eigenvalue weighted by molar-refractivity contribution is 5.77. The van der Waals surface area contributed by atoms with Gasteiger partial charge >= 0.3 is 0 Å². The Morgan fingerprint density at radius 2 is 2.11 bits per heavy atom. The third kappa shape index (κ3) is 2.47. The lowest BCUT2D eigenvalue weighted by Crippen LogP contribution is -2.12. The van der Waals surface area contributed by atoms with Crippen LogP contribution in [-0.4, -0.2) is 14.5 Å². The van der Waals surface area contributed by atoms with E-state index in [1.54, 1.807) is 6.20 Å². The van der Waals surface area contributed by atoms with Crippen LogP contribution in [0.15, 0.2) is 18.5 Å². The number of fused-ring (bicyclic) bond motifs is 1. The Bertz CT molecular complexity index is 503. The van der Waals surface area contributed by atoms with Gasteiger partial charge < -0.3 is 10.3 Å². The Morgan fingerprint density at radius 3 is 2.83 bits per heavy atom. The molecule has 18 heavy (non-hydrogen) atoms. The molecule has 1 unspecified atom stereocenters. The van der Waals surface area contributed by atoms with E-state index in [0.717, 1.165) is 17.5 Å². The monoisotopic (exact) mass is 246 g/mol. The summed E-state index contributed by atoms with van der Waals surface area (Å²) in [5.74, 6) is 0.618. The normalized spacial score (nSPS) is 13.0. The van der Waals surface area contributed by atoms with Gasteiger partial charge in [0.05, 0.1) is 11.7 Å². The highest BCUT2D eigenvalue weighted by atomic mass is 15.2. The van der Waals surface area contributed by atoms with Crippen molar-refractivity contribution in [3.05, 3.63) is 18.5 Å². The minimum absolute atomic E-state index is 0.461. The molecule has 0 aliphatic heterocycles. The van der Waals surface area contributed by atoms with Crippen LogP contribution in [0.2, 0.25) is 0 Å². The van der Waals surface area contributed by atoms with Crippen molar-refractivity contribution in [3.63, 3.8) is 0 Å². The average Bonchev–Trinajstić information content (AvgIpc) is 2.70. The summed E-state index contributed by atoms with van der Waals surface area (Å²) in [6.45, 7) is 4.44. The zero-order chi connectivity index (χ0) is 13.0. The van der Waals surface area contributed by atoms with Gasteiger partial charge in [0.1, 0.15) is 5.52 Å². The minimum Gasteiger partial charge on any atom is -0.369 e. The maximum Gasteiger partial charge on any atom is 0.201 e. The van der Waals surface area contributed by atoms with Gasteiger partial charge in [-0.05, 0) is 18.9 Å². The van der Waals surface area contributed by atoms with Crippen molar-refractivity contribution in [2.75, 3.05) is 5.73 Å². The van der Waals surface area contributed by atoms with Crippen LogP contribution in [0, 0.1) is 0 Å². The highest BCUT2D eigenvalue weighted by Crippen LogP contribution is 2.28. The molecule has 2 rings (SSSR count). The van der Waals surface area contributed by atoms with Gasteiger partial charge in [-0.3, -0.25) is 4.98 Å². The van der Waals surface area contributed by atoms with E-state index in [0.29, 0.717) is 12.0 Å². The number of nitrogens with zero attached hydrogens (tertiary/aromatic N) is 3. The largest absolute Gasteiger partial charge is 0.369 e. The number of nitrogens with two attached hydrogens (primary N) is 1. The molecule has 2 aromatic heterocycles. The molecule has 0 amide bonds.